The van der Waals surface area contributed by atoms with E-state index in [9.17, 15) is 8.78 Å². The highest BCUT2D eigenvalue weighted by Gasteiger charge is 2.22. The van der Waals surface area contributed by atoms with E-state index in [1.165, 1.54) is 25.3 Å². The Bertz CT molecular complexity index is 359. The highest BCUT2D eigenvalue weighted by Crippen LogP contribution is 2.33. The Morgan fingerprint density at radius 3 is 2.38 bits per heavy atom. The second kappa shape index (κ2) is 4.91. The van der Waals surface area contributed by atoms with Crippen LogP contribution in [0.1, 0.15) is 43.7 Å². The third-order valence-electron chi connectivity index (χ3n) is 3.49. The Morgan fingerprint density at radius 2 is 1.75 bits per heavy atom. The predicted molar refractivity (Wildman–Crippen MR) is 59.9 cm³/mol. The topological polar surface area (TPSA) is 26.0 Å². The van der Waals surface area contributed by atoms with Crippen LogP contribution < -0.4 is 5.73 Å². The summed E-state index contributed by atoms with van der Waals surface area (Å²) in [5.74, 6) is -1.19. The molecule has 1 saturated carbocycles. The molecule has 88 valence electrons. The third-order valence-corrected chi connectivity index (χ3v) is 3.49. The SMILES string of the molecule is N[C@H](c1ccc(F)c(F)c1)C1CCCCC1. The molecule has 0 saturated heterocycles. The smallest absolute Gasteiger partial charge is 0.159 e. The Kier molecular flexibility index (Phi) is 3.54. The lowest BCUT2D eigenvalue weighted by Gasteiger charge is -2.27. The van der Waals surface area contributed by atoms with Gasteiger partial charge in [0.05, 0.1) is 0 Å². The first-order valence-corrected chi connectivity index (χ1v) is 5.89. The van der Waals surface area contributed by atoms with E-state index in [1.807, 2.05) is 0 Å². The number of benzene rings is 1. The minimum Gasteiger partial charge on any atom is -0.324 e. The average Bonchev–Trinajstić information content (AvgIpc) is 2.33. The van der Waals surface area contributed by atoms with Crippen molar-refractivity contribution in [2.75, 3.05) is 0 Å². The summed E-state index contributed by atoms with van der Waals surface area (Å²) in [6, 6.07) is 3.83. The molecule has 1 atom stereocenters. The molecule has 0 heterocycles. The summed E-state index contributed by atoms with van der Waals surface area (Å²) in [6.07, 6.45) is 5.85. The zero-order valence-corrected chi connectivity index (χ0v) is 9.26. The largest absolute Gasteiger partial charge is 0.324 e. The van der Waals surface area contributed by atoms with Gasteiger partial charge in [-0.3, -0.25) is 0 Å². The lowest BCUT2D eigenvalue weighted by atomic mass is 9.81. The van der Waals surface area contributed by atoms with Crippen LogP contribution in [0.25, 0.3) is 0 Å². The molecule has 1 fully saturated rings. The number of hydrogen-bond acceptors (Lipinski definition) is 1. The maximum Gasteiger partial charge on any atom is 0.159 e. The highest BCUT2D eigenvalue weighted by molar-refractivity contribution is 5.21. The lowest BCUT2D eigenvalue weighted by molar-refractivity contribution is 0.307. The van der Waals surface area contributed by atoms with Crippen molar-refractivity contribution in [2.24, 2.45) is 11.7 Å². The van der Waals surface area contributed by atoms with Gasteiger partial charge in [0.1, 0.15) is 0 Å². The first-order chi connectivity index (χ1) is 7.68. The van der Waals surface area contributed by atoms with E-state index in [4.69, 9.17) is 5.73 Å². The Hall–Kier alpha value is -0.960. The maximum atomic E-state index is 13.1. The van der Waals surface area contributed by atoms with Crippen LogP contribution in [-0.2, 0) is 0 Å². The molecular formula is C13H17F2N. The standard InChI is InChI=1S/C13H17F2N/c14-11-7-6-10(8-12(11)15)13(16)9-4-2-1-3-5-9/h6-9,13H,1-5,16H2/t13-/m0/s1. The zero-order chi connectivity index (χ0) is 11.5. The molecule has 1 aliphatic rings. The minimum atomic E-state index is -0.806. The van der Waals surface area contributed by atoms with E-state index in [0.29, 0.717) is 11.5 Å². The molecule has 0 aliphatic heterocycles. The average molecular weight is 225 g/mol. The summed E-state index contributed by atoms with van der Waals surface area (Å²) in [4.78, 5) is 0. The van der Waals surface area contributed by atoms with Crippen molar-refractivity contribution >= 4 is 0 Å². The van der Waals surface area contributed by atoms with E-state index in [1.54, 1.807) is 6.07 Å². The van der Waals surface area contributed by atoms with Gasteiger partial charge >= 0.3 is 0 Å². The van der Waals surface area contributed by atoms with Gasteiger partial charge in [0.15, 0.2) is 11.6 Å². The molecule has 0 radical (unpaired) electrons. The quantitative estimate of drug-likeness (QED) is 0.818. The minimum absolute atomic E-state index is 0.157. The lowest BCUT2D eigenvalue weighted by Crippen LogP contribution is -2.23. The number of rotatable bonds is 2. The van der Waals surface area contributed by atoms with Gasteiger partial charge in [-0.2, -0.15) is 0 Å². The molecule has 0 unspecified atom stereocenters. The van der Waals surface area contributed by atoms with Crippen LogP contribution in [0.4, 0.5) is 8.78 Å². The van der Waals surface area contributed by atoms with Gasteiger partial charge < -0.3 is 5.73 Å². The van der Waals surface area contributed by atoms with Crippen LogP contribution in [0.3, 0.4) is 0 Å². The van der Waals surface area contributed by atoms with E-state index in [-0.39, 0.29) is 6.04 Å². The van der Waals surface area contributed by atoms with Crippen molar-refractivity contribution in [3.05, 3.63) is 35.4 Å². The Labute approximate surface area is 94.7 Å². The van der Waals surface area contributed by atoms with Gasteiger partial charge in [0.2, 0.25) is 0 Å². The summed E-state index contributed by atoms with van der Waals surface area (Å²) >= 11 is 0. The second-order valence-electron chi connectivity index (χ2n) is 4.60. The molecule has 1 nitrogen and oxygen atoms in total. The molecule has 3 heteroatoms. The van der Waals surface area contributed by atoms with Gasteiger partial charge in [0, 0.05) is 6.04 Å². The molecule has 16 heavy (non-hydrogen) atoms. The number of halogens is 2. The van der Waals surface area contributed by atoms with E-state index < -0.39 is 11.6 Å². The van der Waals surface area contributed by atoms with Crippen molar-refractivity contribution < 1.29 is 8.78 Å². The van der Waals surface area contributed by atoms with E-state index in [2.05, 4.69) is 0 Å². The summed E-state index contributed by atoms with van der Waals surface area (Å²) in [6.45, 7) is 0. The van der Waals surface area contributed by atoms with Crippen molar-refractivity contribution in [2.45, 2.75) is 38.1 Å². The monoisotopic (exact) mass is 225 g/mol. The molecule has 1 aliphatic carbocycles. The van der Waals surface area contributed by atoms with Gasteiger partial charge in [-0.1, -0.05) is 25.3 Å². The van der Waals surface area contributed by atoms with Gasteiger partial charge in [-0.15, -0.1) is 0 Å². The van der Waals surface area contributed by atoms with Crippen molar-refractivity contribution in [1.82, 2.24) is 0 Å². The van der Waals surface area contributed by atoms with Gasteiger partial charge in [-0.25, -0.2) is 8.78 Å². The normalized spacial score (nSPS) is 19.7. The first-order valence-electron chi connectivity index (χ1n) is 5.89. The molecule has 1 aromatic carbocycles. The second-order valence-corrected chi connectivity index (χ2v) is 4.60. The van der Waals surface area contributed by atoms with Crippen molar-refractivity contribution in [1.29, 1.82) is 0 Å². The fourth-order valence-electron chi connectivity index (χ4n) is 2.49. The fraction of sp³-hybridized carbons (Fsp3) is 0.538. The zero-order valence-electron chi connectivity index (χ0n) is 9.26. The Morgan fingerprint density at radius 1 is 1.06 bits per heavy atom. The van der Waals surface area contributed by atoms with E-state index >= 15 is 0 Å². The molecular weight excluding hydrogens is 208 g/mol. The molecule has 0 bridgehead atoms. The number of nitrogens with two attached hydrogens (primary N) is 1. The van der Waals surface area contributed by atoms with Gasteiger partial charge in [0.25, 0.3) is 0 Å². The molecule has 0 aromatic heterocycles. The van der Waals surface area contributed by atoms with Crippen molar-refractivity contribution in [3.8, 4) is 0 Å². The van der Waals surface area contributed by atoms with Crippen LogP contribution >= 0.6 is 0 Å². The van der Waals surface area contributed by atoms with Crippen LogP contribution in [0.5, 0.6) is 0 Å². The maximum absolute atomic E-state index is 13.1. The summed E-state index contributed by atoms with van der Waals surface area (Å²) in [5.41, 5.74) is 6.81. The first kappa shape index (κ1) is 11.5. The molecule has 2 N–H and O–H groups in total. The van der Waals surface area contributed by atoms with Crippen LogP contribution in [-0.4, -0.2) is 0 Å². The van der Waals surface area contributed by atoms with Crippen LogP contribution in [0.15, 0.2) is 18.2 Å². The van der Waals surface area contributed by atoms with Crippen molar-refractivity contribution in [3.63, 3.8) is 0 Å². The molecule has 0 amide bonds. The highest BCUT2D eigenvalue weighted by atomic mass is 19.2. The molecule has 2 rings (SSSR count). The molecule has 1 aromatic rings. The molecule has 0 spiro atoms. The predicted octanol–water partition coefficient (Wildman–Crippen LogP) is 3.54. The van der Waals surface area contributed by atoms with Crippen LogP contribution in [0, 0.1) is 17.6 Å². The fourth-order valence-corrected chi connectivity index (χ4v) is 2.49. The summed E-state index contributed by atoms with van der Waals surface area (Å²) in [7, 11) is 0. The summed E-state index contributed by atoms with van der Waals surface area (Å²) < 4.78 is 25.9. The Balaban J connectivity index is 2.12. The van der Waals surface area contributed by atoms with E-state index in [0.717, 1.165) is 18.9 Å². The van der Waals surface area contributed by atoms with Gasteiger partial charge in [-0.05, 0) is 36.5 Å². The summed E-state index contributed by atoms with van der Waals surface area (Å²) in [5, 5.41) is 0. The third kappa shape index (κ3) is 2.40. The van der Waals surface area contributed by atoms with Crippen LogP contribution in [0.2, 0.25) is 0 Å². The number of hydrogen-bond donors (Lipinski definition) is 1.